The molecular formula is C18H21NO3. The average molecular weight is 299 g/mol. The van der Waals surface area contributed by atoms with Gasteiger partial charge in [0, 0.05) is 6.54 Å². The van der Waals surface area contributed by atoms with Gasteiger partial charge in [-0.25, -0.2) is 0 Å². The van der Waals surface area contributed by atoms with Crippen molar-refractivity contribution in [2.75, 3.05) is 31.2 Å². The lowest BCUT2D eigenvalue weighted by atomic mass is 10.1. The molecule has 0 spiro atoms. The summed E-state index contributed by atoms with van der Waals surface area (Å²) in [7, 11) is 0. The van der Waals surface area contributed by atoms with Crippen molar-refractivity contribution < 1.29 is 14.6 Å². The number of para-hydroxylation sites is 1. The number of benzene rings is 2. The van der Waals surface area contributed by atoms with E-state index >= 15 is 0 Å². The largest absolute Gasteiger partial charge is 0.494 e. The highest BCUT2D eigenvalue weighted by Crippen LogP contribution is 2.32. The Morgan fingerprint density at radius 1 is 1.14 bits per heavy atom. The fourth-order valence-corrected chi connectivity index (χ4v) is 2.61. The van der Waals surface area contributed by atoms with Gasteiger partial charge >= 0.3 is 0 Å². The summed E-state index contributed by atoms with van der Waals surface area (Å²) in [5.41, 5.74) is 1.98. The van der Waals surface area contributed by atoms with Crippen LogP contribution < -0.4 is 14.4 Å². The molecule has 1 aliphatic heterocycles. The van der Waals surface area contributed by atoms with Crippen LogP contribution in [0.4, 0.5) is 5.69 Å². The standard InChI is InChI=1S/C18H21NO3/c20-14-15-7-8-18-17(13-15)19(10-12-22-18)9-4-11-21-16-5-2-1-3-6-16/h1-3,5-8,13,20H,4,9-12,14H2. The summed E-state index contributed by atoms with van der Waals surface area (Å²) in [6.45, 7) is 3.23. The van der Waals surface area contributed by atoms with Crippen LogP contribution in [0.2, 0.25) is 0 Å². The first-order chi connectivity index (χ1) is 10.9. The second kappa shape index (κ2) is 7.18. The number of fused-ring (bicyclic) bond motifs is 1. The molecule has 0 fully saturated rings. The van der Waals surface area contributed by atoms with Crippen molar-refractivity contribution in [3.8, 4) is 11.5 Å². The van der Waals surface area contributed by atoms with Crippen molar-refractivity contribution in [1.82, 2.24) is 0 Å². The van der Waals surface area contributed by atoms with Gasteiger partial charge in [-0.1, -0.05) is 24.3 Å². The zero-order valence-electron chi connectivity index (χ0n) is 12.6. The average Bonchev–Trinajstić information content (AvgIpc) is 2.59. The van der Waals surface area contributed by atoms with Crippen molar-refractivity contribution in [1.29, 1.82) is 0 Å². The molecule has 0 aliphatic carbocycles. The van der Waals surface area contributed by atoms with E-state index in [0.717, 1.165) is 42.3 Å². The van der Waals surface area contributed by atoms with Crippen molar-refractivity contribution in [2.45, 2.75) is 13.0 Å². The van der Waals surface area contributed by atoms with Gasteiger partial charge in [-0.05, 0) is 36.2 Å². The number of nitrogens with zero attached hydrogens (tertiary/aromatic N) is 1. The van der Waals surface area contributed by atoms with E-state index in [1.165, 1.54) is 0 Å². The van der Waals surface area contributed by atoms with Crippen LogP contribution >= 0.6 is 0 Å². The Morgan fingerprint density at radius 2 is 2.00 bits per heavy atom. The lowest BCUT2D eigenvalue weighted by Gasteiger charge is -2.31. The number of ether oxygens (including phenoxy) is 2. The molecule has 1 heterocycles. The summed E-state index contributed by atoms with van der Waals surface area (Å²) >= 11 is 0. The molecule has 0 atom stereocenters. The van der Waals surface area contributed by atoms with Crippen LogP contribution in [0.1, 0.15) is 12.0 Å². The SMILES string of the molecule is OCc1ccc2c(c1)N(CCCOc1ccccc1)CCO2. The Bertz CT molecular complexity index is 601. The number of hydrogen-bond donors (Lipinski definition) is 1. The topological polar surface area (TPSA) is 41.9 Å². The smallest absolute Gasteiger partial charge is 0.142 e. The highest BCUT2D eigenvalue weighted by Gasteiger charge is 2.17. The third-order valence-electron chi connectivity index (χ3n) is 3.75. The molecule has 4 heteroatoms. The molecule has 0 saturated heterocycles. The Morgan fingerprint density at radius 3 is 2.82 bits per heavy atom. The lowest BCUT2D eigenvalue weighted by molar-refractivity contribution is 0.279. The first-order valence-corrected chi connectivity index (χ1v) is 7.66. The highest BCUT2D eigenvalue weighted by molar-refractivity contribution is 5.61. The lowest BCUT2D eigenvalue weighted by Crippen LogP contribution is -2.34. The van der Waals surface area contributed by atoms with Gasteiger partial charge in [0.25, 0.3) is 0 Å². The third kappa shape index (κ3) is 3.52. The first kappa shape index (κ1) is 14.7. The third-order valence-corrected chi connectivity index (χ3v) is 3.75. The maximum Gasteiger partial charge on any atom is 0.142 e. The number of aliphatic hydroxyl groups is 1. The van der Waals surface area contributed by atoms with Crippen LogP contribution in [0.3, 0.4) is 0 Å². The molecule has 0 amide bonds. The Kier molecular flexibility index (Phi) is 4.81. The van der Waals surface area contributed by atoms with E-state index in [9.17, 15) is 5.11 Å². The van der Waals surface area contributed by atoms with Crippen molar-refractivity contribution in [2.24, 2.45) is 0 Å². The minimum absolute atomic E-state index is 0.0538. The summed E-state index contributed by atoms with van der Waals surface area (Å²) in [5.74, 6) is 1.81. The fraction of sp³-hybridized carbons (Fsp3) is 0.333. The van der Waals surface area contributed by atoms with E-state index in [4.69, 9.17) is 9.47 Å². The normalized spacial score (nSPS) is 13.4. The Hall–Kier alpha value is -2.20. The van der Waals surface area contributed by atoms with Gasteiger partial charge < -0.3 is 19.5 Å². The van der Waals surface area contributed by atoms with Gasteiger partial charge in [-0.3, -0.25) is 0 Å². The minimum Gasteiger partial charge on any atom is -0.494 e. The summed E-state index contributed by atoms with van der Waals surface area (Å²) in [4.78, 5) is 2.30. The van der Waals surface area contributed by atoms with Gasteiger partial charge in [0.1, 0.15) is 18.1 Å². The molecule has 2 aromatic rings. The molecular weight excluding hydrogens is 278 g/mol. The number of anilines is 1. The molecule has 0 aromatic heterocycles. The number of hydrogen-bond acceptors (Lipinski definition) is 4. The fourth-order valence-electron chi connectivity index (χ4n) is 2.61. The van der Waals surface area contributed by atoms with Gasteiger partial charge in [-0.2, -0.15) is 0 Å². The summed E-state index contributed by atoms with van der Waals surface area (Å²) < 4.78 is 11.4. The summed E-state index contributed by atoms with van der Waals surface area (Å²) in [6.07, 6.45) is 0.942. The Labute approximate surface area is 130 Å². The van der Waals surface area contributed by atoms with Crippen LogP contribution in [0.15, 0.2) is 48.5 Å². The molecule has 1 N–H and O–H groups in total. The van der Waals surface area contributed by atoms with E-state index < -0.39 is 0 Å². The van der Waals surface area contributed by atoms with E-state index in [1.807, 2.05) is 48.5 Å². The quantitative estimate of drug-likeness (QED) is 0.833. The van der Waals surface area contributed by atoms with E-state index in [0.29, 0.717) is 13.2 Å². The van der Waals surface area contributed by atoms with E-state index in [1.54, 1.807) is 0 Å². The molecule has 0 bridgehead atoms. The first-order valence-electron chi connectivity index (χ1n) is 7.66. The summed E-state index contributed by atoms with van der Waals surface area (Å²) in [6, 6.07) is 15.7. The van der Waals surface area contributed by atoms with Crippen molar-refractivity contribution >= 4 is 5.69 Å². The maximum absolute atomic E-state index is 9.29. The Balaban J connectivity index is 1.55. The second-order valence-corrected chi connectivity index (χ2v) is 5.31. The molecule has 0 unspecified atom stereocenters. The molecule has 2 aromatic carbocycles. The van der Waals surface area contributed by atoms with Crippen LogP contribution in [-0.4, -0.2) is 31.4 Å². The molecule has 116 valence electrons. The van der Waals surface area contributed by atoms with E-state index in [-0.39, 0.29) is 6.61 Å². The molecule has 3 rings (SSSR count). The predicted octanol–water partition coefficient (Wildman–Crippen LogP) is 2.85. The summed E-state index contributed by atoms with van der Waals surface area (Å²) in [5, 5.41) is 9.29. The van der Waals surface area contributed by atoms with E-state index in [2.05, 4.69) is 4.90 Å². The van der Waals surface area contributed by atoms with Gasteiger partial charge in [0.05, 0.1) is 25.4 Å². The van der Waals surface area contributed by atoms with Crippen LogP contribution in [-0.2, 0) is 6.61 Å². The zero-order chi connectivity index (χ0) is 15.2. The van der Waals surface area contributed by atoms with Crippen molar-refractivity contribution in [3.63, 3.8) is 0 Å². The maximum atomic E-state index is 9.29. The molecule has 0 radical (unpaired) electrons. The van der Waals surface area contributed by atoms with Gasteiger partial charge in [-0.15, -0.1) is 0 Å². The van der Waals surface area contributed by atoms with Crippen LogP contribution in [0.25, 0.3) is 0 Å². The second-order valence-electron chi connectivity index (χ2n) is 5.31. The zero-order valence-corrected chi connectivity index (χ0v) is 12.6. The minimum atomic E-state index is 0.0538. The highest BCUT2D eigenvalue weighted by atomic mass is 16.5. The van der Waals surface area contributed by atoms with Gasteiger partial charge in [0.2, 0.25) is 0 Å². The molecule has 22 heavy (non-hydrogen) atoms. The van der Waals surface area contributed by atoms with Crippen molar-refractivity contribution in [3.05, 3.63) is 54.1 Å². The number of aliphatic hydroxyl groups excluding tert-OH is 1. The van der Waals surface area contributed by atoms with Gasteiger partial charge in [0.15, 0.2) is 0 Å². The predicted molar refractivity (Wildman–Crippen MR) is 86.6 cm³/mol. The molecule has 0 saturated carbocycles. The number of rotatable bonds is 6. The molecule has 4 nitrogen and oxygen atoms in total. The van der Waals surface area contributed by atoms with Crippen LogP contribution in [0, 0.1) is 0 Å². The monoisotopic (exact) mass is 299 g/mol. The van der Waals surface area contributed by atoms with Crippen LogP contribution in [0.5, 0.6) is 11.5 Å². The molecule has 1 aliphatic rings.